The first-order chi connectivity index (χ1) is 16.9. The molecule has 0 aliphatic carbocycles. The topological polar surface area (TPSA) is 88.1 Å². The Morgan fingerprint density at radius 2 is 1.91 bits per heavy atom. The van der Waals surface area contributed by atoms with Crippen molar-refractivity contribution in [2.24, 2.45) is 0 Å². The molecular weight excluding hydrogens is 495 g/mol. The van der Waals surface area contributed by atoms with Gasteiger partial charge in [0.15, 0.2) is 17.3 Å². The van der Waals surface area contributed by atoms with Crippen molar-refractivity contribution in [1.82, 2.24) is 10.2 Å². The number of ether oxygens (including phenoxy) is 2. The number of hydrogen-bond acceptors (Lipinski definition) is 7. The van der Waals surface area contributed by atoms with Crippen LogP contribution in [0.3, 0.4) is 0 Å². The third-order valence-electron chi connectivity index (χ3n) is 6.22. The molecule has 7 nitrogen and oxygen atoms in total. The van der Waals surface area contributed by atoms with E-state index in [4.69, 9.17) is 21.1 Å². The first kappa shape index (κ1) is 24.0. The molecule has 2 aliphatic heterocycles. The lowest BCUT2D eigenvalue weighted by atomic mass is 10.00. The summed E-state index contributed by atoms with van der Waals surface area (Å²) in [5.74, 6) is -1.97. The molecule has 1 fully saturated rings. The molecule has 0 saturated carbocycles. The molecule has 0 bridgehead atoms. The van der Waals surface area contributed by atoms with E-state index in [1.807, 2.05) is 0 Å². The Hall–Kier alpha value is -2.72. The molecule has 3 heterocycles. The molecule has 0 spiro atoms. The van der Waals surface area contributed by atoms with Gasteiger partial charge in [-0.1, -0.05) is 17.7 Å². The van der Waals surface area contributed by atoms with Gasteiger partial charge in [0.1, 0.15) is 19.3 Å². The molecule has 3 aromatic rings. The zero-order valence-electron chi connectivity index (χ0n) is 18.8. The van der Waals surface area contributed by atoms with Crippen LogP contribution in [-0.4, -0.2) is 60.6 Å². The average molecular weight is 519 g/mol. The largest absolute Gasteiger partial charge is 0.486 e. The predicted octanol–water partition coefficient (Wildman–Crippen LogP) is 3.96. The first-order valence-electron chi connectivity index (χ1n) is 11.4. The average Bonchev–Trinajstić information content (AvgIpc) is 3.52. The van der Waals surface area contributed by atoms with E-state index in [9.17, 15) is 19.1 Å². The summed E-state index contributed by atoms with van der Waals surface area (Å²) in [4.78, 5) is 28.3. The normalized spacial score (nSPS) is 17.3. The molecule has 35 heavy (non-hydrogen) atoms. The van der Waals surface area contributed by atoms with Crippen LogP contribution in [0.25, 0.3) is 10.1 Å². The Morgan fingerprint density at radius 3 is 2.71 bits per heavy atom. The third-order valence-corrected chi connectivity index (χ3v) is 7.56. The maximum atomic E-state index is 14.6. The van der Waals surface area contributed by atoms with E-state index < -0.39 is 29.7 Å². The van der Waals surface area contributed by atoms with Gasteiger partial charge in [0, 0.05) is 16.3 Å². The lowest BCUT2D eigenvalue weighted by Gasteiger charge is -2.29. The SMILES string of the molecule is O=C(NC(CN1CCCC1)C(O)c1cc(F)c2c(c1)OCCO2)C(=O)c1cc2ccc(Cl)cc2s1. The number of aliphatic hydroxyl groups excluding tert-OH is 1. The van der Waals surface area contributed by atoms with Crippen molar-refractivity contribution >= 4 is 44.7 Å². The van der Waals surface area contributed by atoms with Gasteiger partial charge < -0.3 is 24.8 Å². The van der Waals surface area contributed by atoms with E-state index in [1.54, 1.807) is 24.3 Å². The van der Waals surface area contributed by atoms with Gasteiger partial charge in [-0.15, -0.1) is 11.3 Å². The number of nitrogens with one attached hydrogen (secondary N) is 1. The number of thiophene rings is 1. The lowest BCUT2D eigenvalue weighted by Crippen LogP contribution is -2.48. The first-order valence-corrected chi connectivity index (χ1v) is 12.6. The van der Waals surface area contributed by atoms with Crippen LogP contribution in [0.1, 0.15) is 34.2 Å². The van der Waals surface area contributed by atoms with Crippen molar-refractivity contribution < 1.29 is 28.6 Å². The minimum Gasteiger partial charge on any atom is -0.486 e. The number of halogens is 2. The molecule has 1 saturated heterocycles. The monoisotopic (exact) mass is 518 g/mol. The predicted molar refractivity (Wildman–Crippen MR) is 131 cm³/mol. The van der Waals surface area contributed by atoms with Gasteiger partial charge >= 0.3 is 0 Å². The van der Waals surface area contributed by atoms with Crippen molar-refractivity contribution in [3.8, 4) is 11.5 Å². The molecule has 2 atom stereocenters. The molecule has 0 radical (unpaired) electrons. The molecule has 1 aromatic heterocycles. The molecule has 2 aliphatic rings. The van der Waals surface area contributed by atoms with Crippen LogP contribution in [0.4, 0.5) is 4.39 Å². The standard InChI is InChI=1S/C25H24ClFN2O5S/c26-16-4-3-14-11-21(35-20(14)12-16)23(31)25(32)28-18(13-29-5-1-2-6-29)22(30)15-9-17(27)24-19(10-15)33-7-8-34-24/h3-4,9-12,18,22,30H,1-2,5-8,13H2,(H,28,32). The second-order valence-electron chi connectivity index (χ2n) is 8.68. The van der Waals surface area contributed by atoms with Gasteiger partial charge in [-0.25, -0.2) is 4.39 Å². The number of Topliss-reactive ketones (excluding diaryl/α,β-unsaturated/α-hetero) is 1. The van der Waals surface area contributed by atoms with Gasteiger partial charge in [-0.05, 0) is 67.2 Å². The van der Waals surface area contributed by atoms with Gasteiger partial charge in [-0.2, -0.15) is 0 Å². The summed E-state index contributed by atoms with van der Waals surface area (Å²) in [5, 5.41) is 15.2. The minimum absolute atomic E-state index is 0.00683. The lowest BCUT2D eigenvalue weighted by molar-refractivity contribution is -0.118. The molecule has 10 heteroatoms. The Balaban J connectivity index is 1.38. The highest BCUT2D eigenvalue weighted by molar-refractivity contribution is 7.21. The Kier molecular flexibility index (Phi) is 6.93. The van der Waals surface area contributed by atoms with Crippen LogP contribution in [0.5, 0.6) is 11.5 Å². The second-order valence-corrected chi connectivity index (χ2v) is 10.2. The summed E-state index contributed by atoms with van der Waals surface area (Å²) in [7, 11) is 0. The van der Waals surface area contributed by atoms with E-state index in [0.29, 0.717) is 11.6 Å². The number of hydrogen-bond donors (Lipinski definition) is 2. The second kappa shape index (κ2) is 10.1. The highest BCUT2D eigenvalue weighted by atomic mass is 35.5. The smallest absolute Gasteiger partial charge is 0.293 e. The Bertz CT molecular complexity index is 1280. The van der Waals surface area contributed by atoms with Gasteiger partial charge in [0.05, 0.1) is 10.9 Å². The van der Waals surface area contributed by atoms with E-state index in [1.165, 1.54) is 23.5 Å². The van der Waals surface area contributed by atoms with Crippen LogP contribution in [0, 0.1) is 5.82 Å². The van der Waals surface area contributed by atoms with E-state index in [2.05, 4.69) is 10.2 Å². The van der Waals surface area contributed by atoms with Crippen molar-refractivity contribution in [2.75, 3.05) is 32.8 Å². The van der Waals surface area contributed by atoms with Gasteiger partial charge in [0.25, 0.3) is 11.7 Å². The number of carbonyl (C=O) groups excluding carboxylic acids is 2. The number of rotatable bonds is 7. The summed E-state index contributed by atoms with van der Waals surface area (Å²) in [6, 6.07) is 8.77. The number of carbonyl (C=O) groups is 2. The highest BCUT2D eigenvalue weighted by Crippen LogP contribution is 2.36. The van der Waals surface area contributed by atoms with E-state index in [-0.39, 0.29) is 35.2 Å². The number of nitrogens with zero attached hydrogens (tertiary/aromatic N) is 1. The quantitative estimate of drug-likeness (QED) is 0.363. The summed E-state index contributed by atoms with van der Waals surface area (Å²) >= 11 is 7.22. The van der Waals surface area contributed by atoms with E-state index >= 15 is 0 Å². The fourth-order valence-electron chi connectivity index (χ4n) is 4.46. The Labute approximate surface area is 210 Å². The fourth-order valence-corrected chi connectivity index (χ4v) is 5.74. The summed E-state index contributed by atoms with van der Waals surface area (Å²) in [5.41, 5.74) is 0.236. The molecule has 2 unspecified atom stereocenters. The molecule has 1 amide bonds. The highest BCUT2D eigenvalue weighted by Gasteiger charge is 2.31. The van der Waals surface area contributed by atoms with Crippen LogP contribution < -0.4 is 14.8 Å². The Morgan fingerprint density at radius 1 is 1.14 bits per heavy atom. The molecule has 5 rings (SSSR count). The molecule has 184 valence electrons. The zero-order chi connectivity index (χ0) is 24.5. The van der Waals surface area contributed by atoms with Crippen LogP contribution in [0.2, 0.25) is 5.02 Å². The van der Waals surface area contributed by atoms with Crippen LogP contribution >= 0.6 is 22.9 Å². The maximum Gasteiger partial charge on any atom is 0.293 e. The summed E-state index contributed by atoms with van der Waals surface area (Å²) in [6.07, 6.45) is 0.760. The van der Waals surface area contributed by atoms with Crippen molar-refractivity contribution in [2.45, 2.75) is 25.0 Å². The van der Waals surface area contributed by atoms with Crippen LogP contribution in [0.15, 0.2) is 36.4 Å². The van der Waals surface area contributed by atoms with Crippen molar-refractivity contribution in [1.29, 1.82) is 0 Å². The number of fused-ring (bicyclic) bond motifs is 2. The number of amides is 1. The number of benzene rings is 2. The fraction of sp³-hybridized carbons (Fsp3) is 0.360. The maximum absolute atomic E-state index is 14.6. The molecule has 2 N–H and O–H groups in total. The van der Waals surface area contributed by atoms with Crippen LogP contribution in [-0.2, 0) is 4.79 Å². The number of aliphatic hydroxyl groups is 1. The zero-order valence-corrected chi connectivity index (χ0v) is 20.3. The number of likely N-dealkylation sites (tertiary alicyclic amines) is 1. The van der Waals surface area contributed by atoms with Crippen molar-refractivity contribution in [3.05, 3.63) is 57.7 Å². The molecular formula is C25H24ClFN2O5S. The number of ketones is 1. The minimum atomic E-state index is -1.26. The summed E-state index contributed by atoms with van der Waals surface area (Å²) in [6.45, 7) is 2.47. The van der Waals surface area contributed by atoms with Gasteiger partial charge in [-0.3, -0.25) is 9.59 Å². The van der Waals surface area contributed by atoms with Crippen molar-refractivity contribution in [3.63, 3.8) is 0 Å². The summed E-state index contributed by atoms with van der Waals surface area (Å²) < 4.78 is 26.2. The van der Waals surface area contributed by atoms with Gasteiger partial charge in [0.2, 0.25) is 0 Å². The third kappa shape index (κ3) is 5.13. The molecule has 2 aromatic carbocycles. The van der Waals surface area contributed by atoms with E-state index in [0.717, 1.165) is 36.0 Å².